The van der Waals surface area contributed by atoms with E-state index in [2.05, 4.69) is 4.74 Å². The van der Waals surface area contributed by atoms with Crippen LogP contribution in [0, 0.1) is 0 Å². The molecular formula is C20H23FO7. The Labute approximate surface area is 161 Å². The Morgan fingerprint density at radius 2 is 2.00 bits per heavy atom. The van der Waals surface area contributed by atoms with Crippen molar-refractivity contribution in [3.05, 3.63) is 46.8 Å². The molecule has 0 heterocycles. The van der Waals surface area contributed by atoms with Crippen LogP contribution >= 0.6 is 0 Å². The molecule has 0 aromatic heterocycles. The summed E-state index contributed by atoms with van der Waals surface area (Å²) >= 11 is 0. The Morgan fingerprint density at radius 3 is 2.57 bits per heavy atom. The quantitative estimate of drug-likeness (QED) is 0.288. The maximum absolute atomic E-state index is 13.9. The highest BCUT2D eigenvalue weighted by atomic mass is 19.1. The molecule has 28 heavy (non-hydrogen) atoms. The van der Waals surface area contributed by atoms with Gasteiger partial charge in [0, 0.05) is 6.07 Å². The zero-order valence-corrected chi connectivity index (χ0v) is 15.6. The smallest absolute Gasteiger partial charge is 0.342 e. The van der Waals surface area contributed by atoms with Gasteiger partial charge in [-0.2, -0.15) is 0 Å². The van der Waals surface area contributed by atoms with E-state index in [1.54, 1.807) is 0 Å². The van der Waals surface area contributed by atoms with Crippen molar-refractivity contribution in [2.45, 2.75) is 38.4 Å². The molecule has 2 atom stereocenters. The molecule has 2 unspecified atom stereocenters. The molecule has 1 aromatic rings. The highest BCUT2D eigenvalue weighted by Gasteiger charge is 2.24. The Kier molecular flexibility index (Phi) is 9.11. The van der Waals surface area contributed by atoms with Gasteiger partial charge in [-0.1, -0.05) is 25.5 Å². The van der Waals surface area contributed by atoms with E-state index >= 15 is 0 Å². The third-order valence-electron chi connectivity index (χ3n) is 3.84. The number of rotatable bonds is 9. The lowest BCUT2D eigenvalue weighted by Crippen LogP contribution is -2.28. The van der Waals surface area contributed by atoms with Gasteiger partial charge in [-0.05, 0) is 30.5 Å². The maximum Gasteiger partial charge on any atom is 0.342 e. The van der Waals surface area contributed by atoms with Crippen molar-refractivity contribution < 1.29 is 39.1 Å². The Balaban J connectivity index is 2.98. The number of aliphatic hydroxyl groups is 2. The number of carbonyl (C=O) groups is 1. The van der Waals surface area contributed by atoms with Gasteiger partial charge in [-0.25, -0.2) is 14.0 Å². The van der Waals surface area contributed by atoms with E-state index in [1.165, 1.54) is 24.2 Å². The molecule has 0 aliphatic carbocycles. The lowest BCUT2D eigenvalue weighted by Gasteiger charge is -2.16. The Hall–Kier alpha value is -2.93. The molecule has 0 bridgehead atoms. The number of aromatic hydroxyl groups is 2. The highest BCUT2D eigenvalue weighted by Crippen LogP contribution is 2.29. The van der Waals surface area contributed by atoms with E-state index in [-0.39, 0.29) is 23.3 Å². The molecule has 0 aliphatic rings. The summed E-state index contributed by atoms with van der Waals surface area (Å²) in [5.41, 5.74) is -0.778. The van der Waals surface area contributed by atoms with Crippen molar-refractivity contribution in [2.24, 2.45) is 0 Å². The van der Waals surface area contributed by atoms with Crippen LogP contribution in [0.15, 0.2) is 35.7 Å². The van der Waals surface area contributed by atoms with E-state index in [4.69, 9.17) is 0 Å². The molecule has 0 saturated heterocycles. The second kappa shape index (κ2) is 11.0. The lowest BCUT2D eigenvalue weighted by molar-refractivity contribution is 0.0447. The van der Waals surface area contributed by atoms with E-state index in [0.29, 0.717) is 12.8 Å². The zero-order chi connectivity index (χ0) is 21.3. The van der Waals surface area contributed by atoms with Gasteiger partial charge in [0.05, 0.1) is 13.2 Å². The molecule has 0 fully saturated rings. The predicted molar refractivity (Wildman–Crippen MR) is 100 cm³/mol. The van der Waals surface area contributed by atoms with Crippen molar-refractivity contribution >= 4 is 18.0 Å². The average Bonchev–Trinajstić information content (AvgIpc) is 2.65. The lowest BCUT2D eigenvalue weighted by atomic mass is 10.00. The maximum atomic E-state index is 13.9. The molecule has 1 rings (SSSR count). The van der Waals surface area contributed by atoms with Crippen LogP contribution < -0.4 is 0 Å². The van der Waals surface area contributed by atoms with Crippen molar-refractivity contribution in [2.75, 3.05) is 7.11 Å². The standard InChI is InChI=1S/C20H23FO7/c1-3-4-7-15(21)14(11-22)19(26)16(24)8-5-6-12-9-13(23)10-17(25)18(12)20(27)28-2/h5-7,9-10,16,19,23-26H,3-4,8H2,1-2H3/b6-5+,15-7+. The fourth-order valence-electron chi connectivity index (χ4n) is 2.38. The van der Waals surface area contributed by atoms with Crippen LogP contribution in [0.3, 0.4) is 0 Å². The number of esters is 1. The van der Waals surface area contributed by atoms with E-state index < -0.39 is 35.3 Å². The number of ether oxygens (including phenoxy) is 1. The molecule has 8 heteroatoms. The number of carbonyl (C=O) groups excluding carboxylic acids is 2. The zero-order valence-electron chi connectivity index (χ0n) is 15.6. The number of unbranched alkanes of at least 4 members (excludes halogenated alkanes) is 1. The number of benzene rings is 1. The van der Waals surface area contributed by atoms with Gasteiger partial charge in [0.1, 0.15) is 40.5 Å². The number of phenols is 2. The summed E-state index contributed by atoms with van der Waals surface area (Å²) < 4.78 is 18.5. The summed E-state index contributed by atoms with van der Waals surface area (Å²) in [6, 6.07) is 2.16. The van der Waals surface area contributed by atoms with Crippen LogP contribution in [-0.4, -0.2) is 51.7 Å². The normalized spacial score (nSPS) is 13.8. The summed E-state index contributed by atoms with van der Waals surface area (Å²) in [5, 5.41) is 39.4. The van der Waals surface area contributed by atoms with Gasteiger partial charge in [-0.3, -0.25) is 0 Å². The number of hydrogen-bond donors (Lipinski definition) is 4. The van der Waals surface area contributed by atoms with Crippen molar-refractivity contribution in [1.82, 2.24) is 0 Å². The topological polar surface area (TPSA) is 124 Å². The largest absolute Gasteiger partial charge is 0.508 e. The Morgan fingerprint density at radius 1 is 1.32 bits per heavy atom. The van der Waals surface area contributed by atoms with Gasteiger partial charge >= 0.3 is 5.97 Å². The summed E-state index contributed by atoms with van der Waals surface area (Å²) in [6.07, 6.45) is 1.21. The molecule has 0 radical (unpaired) electrons. The van der Waals surface area contributed by atoms with Gasteiger partial charge in [0.25, 0.3) is 0 Å². The summed E-state index contributed by atoms with van der Waals surface area (Å²) in [7, 11) is 1.12. The second-order valence-corrected chi connectivity index (χ2v) is 5.93. The minimum atomic E-state index is -1.80. The average molecular weight is 394 g/mol. The first-order valence-electron chi connectivity index (χ1n) is 8.54. The molecule has 4 N–H and O–H groups in total. The molecule has 7 nitrogen and oxygen atoms in total. The van der Waals surface area contributed by atoms with Crippen LogP contribution in [0.1, 0.15) is 42.1 Å². The molecule has 0 spiro atoms. The van der Waals surface area contributed by atoms with Crippen LogP contribution in [-0.2, 0) is 9.53 Å². The summed E-state index contributed by atoms with van der Waals surface area (Å²) in [6.45, 7) is 1.81. The first-order chi connectivity index (χ1) is 13.3. The molecule has 0 aliphatic heterocycles. The molecular weight excluding hydrogens is 371 g/mol. The number of halogens is 1. The van der Waals surface area contributed by atoms with Crippen molar-refractivity contribution in [1.29, 1.82) is 0 Å². The molecule has 152 valence electrons. The number of methoxy groups -OCH3 is 1. The summed E-state index contributed by atoms with van der Waals surface area (Å²) in [4.78, 5) is 22.7. The number of phenolic OH excluding ortho intramolecular Hbond substituents is 2. The monoisotopic (exact) mass is 394 g/mol. The molecule has 0 amide bonds. The highest BCUT2D eigenvalue weighted by molar-refractivity contribution is 5.96. The van der Waals surface area contributed by atoms with Crippen LogP contribution in [0.5, 0.6) is 11.5 Å². The third-order valence-corrected chi connectivity index (χ3v) is 3.84. The van der Waals surface area contributed by atoms with Crippen molar-refractivity contribution in [3.63, 3.8) is 0 Å². The van der Waals surface area contributed by atoms with Crippen LogP contribution in [0.4, 0.5) is 4.39 Å². The minimum Gasteiger partial charge on any atom is -0.508 e. The predicted octanol–water partition coefficient (Wildman–Crippen LogP) is 2.42. The van der Waals surface area contributed by atoms with Crippen molar-refractivity contribution in [3.8, 4) is 11.5 Å². The number of allylic oxidation sites excluding steroid dienone is 1. The minimum absolute atomic E-state index is 0.103. The number of hydrogen-bond acceptors (Lipinski definition) is 7. The first kappa shape index (κ1) is 23.1. The van der Waals surface area contributed by atoms with E-state index in [1.807, 2.05) is 6.92 Å². The summed E-state index contributed by atoms with van der Waals surface area (Å²) in [5.74, 6) is -1.28. The fourth-order valence-corrected chi connectivity index (χ4v) is 2.38. The molecule has 1 aromatic carbocycles. The van der Waals surface area contributed by atoms with E-state index in [9.17, 15) is 34.4 Å². The molecule has 0 saturated carbocycles. The second-order valence-electron chi connectivity index (χ2n) is 5.93. The number of aliphatic hydroxyl groups excluding tert-OH is 2. The SMILES string of the molecule is CCC/C=C(/F)C(=C=O)C(O)C(O)C/C=C/c1cc(O)cc(O)c1C(=O)OC. The third kappa shape index (κ3) is 6.06. The Bertz CT molecular complexity index is 807. The van der Waals surface area contributed by atoms with Gasteiger partial charge in [0.15, 0.2) is 0 Å². The van der Waals surface area contributed by atoms with Gasteiger partial charge in [0.2, 0.25) is 0 Å². The van der Waals surface area contributed by atoms with E-state index in [0.717, 1.165) is 19.3 Å². The van der Waals surface area contributed by atoms with Gasteiger partial charge in [-0.15, -0.1) is 0 Å². The van der Waals surface area contributed by atoms with Gasteiger partial charge < -0.3 is 25.2 Å². The first-order valence-corrected chi connectivity index (χ1v) is 8.54. The fraction of sp³-hybridized carbons (Fsp3) is 0.350. The van der Waals surface area contributed by atoms with Crippen LogP contribution in [0.2, 0.25) is 0 Å². The van der Waals surface area contributed by atoms with Crippen LogP contribution in [0.25, 0.3) is 6.08 Å².